The van der Waals surface area contributed by atoms with Gasteiger partial charge in [-0.3, -0.25) is 4.90 Å². The molecule has 0 saturated carbocycles. The molecule has 0 spiro atoms. The highest BCUT2D eigenvalue weighted by Crippen LogP contribution is 2.33. The van der Waals surface area contributed by atoms with E-state index in [1.165, 1.54) is 11.1 Å². The second-order valence-electron chi connectivity index (χ2n) is 7.28. The van der Waals surface area contributed by atoms with Gasteiger partial charge in [-0.1, -0.05) is 58.1 Å². The first kappa shape index (κ1) is 23.7. The normalized spacial score (nSPS) is 10.4. The maximum Gasteiger partial charge on any atom is 0.161 e. The molecule has 0 amide bonds. The van der Waals surface area contributed by atoms with Crippen molar-refractivity contribution in [1.29, 1.82) is 0 Å². The highest BCUT2D eigenvalue weighted by atomic mass is 79.9. The van der Waals surface area contributed by atoms with Crippen LogP contribution >= 0.6 is 15.9 Å². The number of nitrogens with zero attached hydrogens (tertiary/aromatic N) is 1. The summed E-state index contributed by atoms with van der Waals surface area (Å²) in [4.78, 5) is 2.35. The van der Waals surface area contributed by atoms with E-state index in [1.54, 1.807) is 21.3 Å². The number of ether oxygens (including phenoxy) is 3. The summed E-state index contributed by atoms with van der Waals surface area (Å²) in [5, 5.41) is 0. The van der Waals surface area contributed by atoms with Gasteiger partial charge in [0.25, 0.3) is 0 Å². The first-order chi connectivity index (χ1) is 15.6. The molecule has 3 aromatic carbocycles. The van der Waals surface area contributed by atoms with Crippen molar-refractivity contribution in [3.63, 3.8) is 0 Å². The van der Waals surface area contributed by atoms with Gasteiger partial charge in [0.15, 0.2) is 11.5 Å². The standard InChI is InChI=1S/C27H28BrNO3/c1-30-24-13-11-22(12-14-24)20-29(16-7-10-21-8-5-4-6-9-21)17-15-23-18-26(31-2)27(32-3)19-25(23)28/h4-6,8-9,11-14,18-19H,15-17,20H2,1-3H3. The van der Waals surface area contributed by atoms with E-state index in [0.29, 0.717) is 12.3 Å². The second-order valence-corrected chi connectivity index (χ2v) is 8.13. The third-order valence-corrected chi connectivity index (χ3v) is 5.86. The average Bonchev–Trinajstić information content (AvgIpc) is 2.83. The van der Waals surface area contributed by atoms with Gasteiger partial charge in [0.1, 0.15) is 5.75 Å². The fourth-order valence-electron chi connectivity index (χ4n) is 3.34. The molecule has 0 fully saturated rings. The van der Waals surface area contributed by atoms with E-state index in [2.05, 4.69) is 44.8 Å². The van der Waals surface area contributed by atoms with Crippen molar-refractivity contribution < 1.29 is 14.2 Å². The monoisotopic (exact) mass is 493 g/mol. The molecule has 0 aliphatic rings. The van der Waals surface area contributed by atoms with Crippen LogP contribution in [-0.2, 0) is 13.0 Å². The van der Waals surface area contributed by atoms with E-state index in [4.69, 9.17) is 14.2 Å². The minimum absolute atomic E-state index is 0.672. The van der Waals surface area contributed by atoms with Crippen LogP contribution in [-0.4, -0.2) is 39.3 Å². The van der Waals surface area contributed by atoms with Gasteiger partial charge in [0, 0.05) is 23.1 Å². The lowest BCUT2D eigenvalue weighted by Gasteiger charge is -2.21. The first-order valence-corrected chi connectivity index (χ1v) is 11.2. The van der Waals surface area contributed by atoms with Gasteiger partial charge < -0.3 is 14.2 Å². The SMILES string of the molecule is COc1ccc(CN(CC#Cc2ccccc2)CCc2cc(OC)c(OC)cc2Br)cc1. The smallest absolute Gasteiger partial charge is 0.161 e. The molecule has 0 heterocycles. The van der Waals surface area contributed by atoms with Gasteiger partial charge in [0.05, 0.1) is 27.9 Å². The second kappa shape index (κ2) is 12.2. The number of hydrogen-bond acceptors (Lipinski definition) is 4. The van der Waals surface area contributed by atoms with Gasteiger partial charge in [-0.2, -0.15) is 0 Å². The van der Waals surface area contributed by atoms with Crippen molar-refractivity contribution in [2.24, 2.45) is 0 Å². The van der Waals surface area contributed by atoms with E-state index in [0.717, 1.165) is 41.0 Å². The lowest BCUT2D eigenvalue weighted by Crippen LogP contribution is -2.26. The zero-order chi connectivity index (χ0) is 22.8. The number of benzene rings is 3. The Bertz CT molecular complexity index is 1060. The zero-order valence-corrected chi connectivity index (χ0v) is 20.3. The molecule has 0 radical (unpaired) electrons. The Labute approximate surface area is 199 Å². The summed E-state index contributed by atoms with van der Waals surface area (Å²) in [6, 6.07) is 22.3. The molecule has 0 aliphatic heterocycles. The summed E-state index contributed by atoms with van der Waals surface area (Å²) in [5.74, 6) is 8.90. The molecule has 0 aliphatic carbocycles. The molecule has 166 valence electrons. The summed E-state index contributed by atoms with van der Waals surface area (Å²) in [6.45, 7) is 2.33. The summed E-state index contributed by atoms with van der Waals surface area (Å²) < 4.78 is 17.2. The van der Waals surface area contributed by atoms with E-state index < -0.39 is 0 Å². The van der Waals surface area contributed by atoms with Gasteiger partial charge in [-0.05, 0) is 53.9 Å². The molecule has 3 rings (SSSR count). The maximum atomic E-state index is 5.48. The van der Waals surface area contributed by atoms with Crippen molar-refractivity contribution in [1.82, 2.24) is 4.90 Å². The van der Waals surface area contributed by atoms with Gasteiger partial charge in [-0.15, -0.1) is 0 Å². The van der Waals surface area contributed by atoms with Crippen LogP contribution in [0.1, 0.15) is 16.7 Å². The molecule has 0 unspecified atom stereocenters. The van der Waals surface area contributed by atoms with E-state index >= 15 is 0 Å². The van der Waals surface area contributed by atoms with Crippen LogP contribution in [0.25, 0.3) is 0 Å². The summed E-state index contributed by atoms with van der Waals surface area (Å²) in [6.07, 6.45) is 0.851. The van der Waals surface area contributed by atoms with E-state index in [1.807, 2.05) is 54.6 Å². The molecular formula is C27H28BrNO3. The van der Waals surface area contributed by atoms with Crippen LogP contribution in [0.4, 0.5) is 0 Å². The van der Waals surface area contributed by atoms with E-state index in [-0.39, 0.29) is 0 Å². The fraction of sp³-hybridized carbons (Fsp3) is 0.259. The number of hydrogen-bond donors (Lipinski definition) is 0. The van der Waals surface area contributed by atoms with Crippen molar-refractivity contribution >= 4 is 15.9 Å². The Kier molecular flexibility index (Phi) is 9.03. The van der Waals surface area contributed by atoms with Crippen LogP contribution in [0.3, 0.4) is 0 Å². The van der Waals surface area contributed by atoms with Crippen molar-refractivity contribution in [2.45, 2.75) is 13.0 Å². The van der Waals surface area contributed by atoms with Crippen molar-refractivity contribution in [2.75, 3.05) is 34.4 Å². The lowest BCUT2D eigenvalue weighted by atomic mass is 10.1. The van der Waals surface area contributed by atoms with Crippen LogP contribution in [0, 0.1) is 11.8 Å². The molecule has 32 heavy (non-hydrogen) atoms. The average molecular weight is 494 g/mol. The summed E-state index contributed by atoms with van der Waals surface area (Å²) in [7, 11) is 4.98. The predicted molar refractivity (Wildman–Crippen MR) is 133 cm³/mol. The maximum absolute atomic E-state index is 5.48. The van der Waals surface area contributed by atoms with E-state index in [9.17, 15) is 0 Å². The third kappa shape index (κ3) is 6.78. The fourth-order valence-corrected chi connectivity index (χ4v) is 3.87. The minimum atomic E-state index is 0.672. The van der Waals surface area contributed by atoms with Crippen LogP contribution in [0.15, 0.2) is 71.2 Å². The van der Waals surface area contributed by atoms with Gasteiger partial charge >= 0.3 is 0 Å². The molecule has 4 nitrogen and oxygen atoms in total. The minimum Gasteiger partial charge on any atom is -0.497 e. The first-order valence-electron chi connectivity index (χ1n) is 10.4. The number of rotatable bonds is 9. The molecule has 0 aromatic heterocycles. The zero-order valence-electron chi connectivity index (χ0n) is 18.7. The Morgan fingerprint density at radius 1 is 0.844 bits per heavy atom. The van der Waals surface area contributed by atoms with Gasteiger partial charge in [-0.25, -0.2) is 0 Å². The number of methoxy groups -OCH3 is 3. The quantitative estimate of drug-likeness (QED) is 0.364. The molecular weight excluding hydrogens is 466 g/mol. The van der Waals surface area contributed by atoms with Crippen LogP contribution < -0.4 is 14.2 Å². The third-order valence-electron chi connectivity index (χ3n) is 5.12. The molecule has 5 heteroatoms. The largest absolute Gasteiger partial charge is 0.497 e. The molecule has 0 N–H and O–H groups in total. The van der Waals surface area contributed by atoms with Crippen LogP contribution in [0.2, 0.25) is 0 Å². The Balaban J connectivity index is 1.74. The topological polar surface area (TPSA) is 30.9 Å². The van der Waals surface area contributed by atoms with Crippen molar-refractivity contribution in [3.8, 4) is 29.1 Å². The highest BCUT2D eigenvalue weighted by molar-refractivity contribution is 9.10. The van der Waals surface area contributed by atoms with Gasteiger partial charge in [0.2, 0.25) is 0 Å². The Hall–Kier alpha value is -2.94. The Morgan fingerprint density at radius 2 is 1.53 bits per heavy atom. The summed E-state index contributed by atoms with van der Waals surface area (Å²) in [5.41, 5.74) is 3.41. The highest BCUT2D eigenvalue weighted by Gasteiger charge is 2.12. The molecule has 0 atom stereocenters. The van der Waals surface area contributed by atoms with Crippen molar-refractivity contribution in [3.05, 3.63) is 87.9 Å². The van der Waals surface area contributed by atoms with Crippen LogP contribution in [0.5, 0.6) is 17.2 Å². The molecule has 0 bridgehead atoms. The lowest BCUT2D eigenvalue weighted by molar-refractivity contribution is 0.302. The molecule has 3 aromatic rings. The Morgan fingerprint density at radius 3 is 2.19 bits per heavy atom. The molecule has 0 saturated heterocycles. The number of halogens is 1. The predicted octanol–water partition coefficient (Wildman–Crippen LogP) is 5.57. The summed E-state index contributed by atoms with van der Waals surface area (Å²) >= 11 is 3.67.